The van der Waals surface area contributed by atoms with Crippen LogP contribution in [0.1, 0.15) is 51.7 Å². The smallest absolute Gasteiger partial charge is 0.255 e. The maximum atomic E-state index is 10.8. The molecule has 1 rings (SSSR count). The van der Waals surface area contributed by atoms with E-state index in [0.29, 0.717) is 11.7 Å². The second kappa shape index (κ2) is 5.42. The summed E-state index contributed by atoms with van der Waals surface area (Å²) in [5.74, 6) is 0.676. The fourth-order valence-electron chi connectivity index (χ4n) is 1.63. The topological polar surface area (TPSA) is 52.3 Å². The summed E-state index contributed by atoms with van der Waals surface area (Å²) in [4.78, 5) is 10.8. The standard InChI is InChI=1S/C15H23NO2/c1-10(2)11-6-12(15(3,4)5)8-13(7-11)18-9-14(16)17/h6-8,10H,9H2,1-5H3,(H2,16,17). The molecular weight excluding hydrogens is 226 g/mol. The van der Waals surface area contributed by atoms with Gasteiger partial charge in [-0.1, -0.05) is 40.7 Å². The number of benzene rings is 1. The predicted octanol–water partition coefficient (Wildman–Crippen LogP) is 2.97. The van der Waals surface area contributed by atoms with Gasteiger partial charge in [0.25, 0.3) is 5.91 Å². The summed E-state index contributed by atoms with van der Waals surface area (Å²) in [5, 5.41) is 0. The first-order valence-corrected chi connectivity index (χ1v) is 6.26. The van der Waals surface area contributed by atoms with Crippen LogP contribution >= 0.6 is 0 Å². The quantitative estimate of drug-likeness (QED) is 0.892. The molecule has 0 aliphatic heterocycles. The van der Waals surface area contributed by atoms with Crippen LogP contribution in [0.3, 0.4) is 0 Å². The van der Waals surface area contributed by atoms with Gasteiger partial charge in [-0.25, -0.2) is 0 Å². The number of hydrogen-bond donors (Lipinski definition) is 1. The Kier molecular flexibility index (Phi) is 4.38. The first-order chi connectivity index (χ1) is 8.20. The number of amides is 1. The van der Waals surface area contributed by atoms with Crippen molar-refractivity contribution in [3.63, 3.8) is 0 Å². The third kappa shape index (κ3) is 4.06. The van der Waals surface area contributed by atoms with Crippen LogP contribution in [-0.4, -0.2) is 12.5 Å². The van der Waals surface area contributed by atoms with E-state index in [-0.39, 0.29) is 12.0 Å². The third-order valence-corrected chi connectivity index (χ3v) is 2.84. The first kappa shape index (κ1) is 14.6. The molecule has 0 heterocycles. The zero-order valence-electron chi connectivity index (χ0n) is 11.9. The highest BCUT2D eigenvalue weighted by atomic mass is 16.5. The Morgan fingerprint density at radius 2 is 1.89 bits per heavy atom. The Hall–Kier alpha value is -1.51. The minimum Gasteiger partial charge on any atom is -0.484 e. The molecule has 2 N–H and O–H groups in total. The number of primary amides is 1. The van der Waals surface area contributed by atoms with Crippen LogP contribution in [0.15, 0.2) is 18.2 Å². The fourth-order valence-corrected chi connectivity index (χ4v) is 1.63. The Morgan fingerprint density at radius 3 is 2.33 bits per heavy atom. The minimum absolute atomic E-state index is 0.0513. The summed E-state index contributed by atoms with van der Waals surface area (Å²) < 4.78 is 5.42. The lowest BCUT2D eigenvalue weighted by molar-refractivity contribution is -0.119. The summed E-state index contributed by atoms with van der Waals surface area (Å²) in [7, 11) is 0. The van der Waals surface area contributed by atoms with Gasteiger partial charge >= 0.3 is 0 Å². The van der Waals surface area contributed by atoms with Gasteiger partial charge in [-0.3, -0.25) is 4.79 Å². The van der Waals surface area contributed by atoms with E-state index in [4.69, 9.17) is 10.5 Å². The van der Waals surface area contributed by atoms with Gasteiger partial charge in [-0.15, -0.1) is 0 Å². The molecule has 0 fully saturated rings. The normalized spacial score (nSPS) is 11.7. The third-order valence-electron chi connectivity index (χ3n) is 2.84. The van der Waals surface area contributed by atoms with Gasteiger partial charge in [0.15, 0.2) is 6.61 Å². The lowest BCUT2D eigenvalue weighted by Gasteiger charge is -2.22. The van der Waals surface area contributed by atoms with E-state index in [9.17, 15) is 4.79 Å². The molecule has 0 aliphatic rings. The molecule has 1 aromatic carbocycles. The van der Waals surface area contributed by atoms with Crippen molar-refractivity contribution in [2.45, 2.75) is 46.0 Å². The fraction of sp³-hybridized carbons (Fsp3) is 0.533. The van der Waals surface area contributed by atoms with E-state index in [1.807, 2.05) is 12.1 Å². The van der Waals surface area contributed by atoms with Gasteiger partial charge in [-0.05, 0) is 34.6 Å². The molecule has 0 saturated heterocycles. The number of rotatable bonds is 4. The Morgan fingerprint density at radius 1 is 1.28 bits per heavy atom. The minimum atomic E-state index is -0.456. The van der Waals surface area contributed by atoms with Crippen LogP contribution in [0.4, 0.5) is 0 Å². The van der Waals surface area contributed by atoms with Crippen LogP contribution in [-0.2, 0) is 10.2 Å². The second-order valence-electron chi connectivity index (χ2n) is 5.95. The maximum Gasteiger partial charge on any atom is 0.255 e. The average molecular weight is 249 g/mol. The van der Waals surface area contributed by atoms with Crippen molar-refractivity contribution in [2.24, 2.45) is 5.73 Å². The molecule has 0 spiro atoms. The van der Waals surface area contributed by atoms with Crippen LogP contribution in [0.25, 0.3) is 0 Å². The lowest BCUT2D eigenvalue weighted by atomic mass is 9.84. The molecule has 0 saturated carbocycles. The largest absolute Gasteiger partial charge is 0.484 e. The molecule has 100 valence electrons. The lowest BCUT2D eigenvalue weighted by Crippen LogP contribution is -2.20. The van der Waals surface area contributed by atoms with E-state index in [2.05, 4.69) is 40.7 Å². The second-order valence-corrected chi connectivity index (χ2v) is 5.95. The van der Waals surface area contributed by atoms with Crippen LogP contribution in [0.5, 0.6) is 5.75 Å². The van der Waals surface area contributed by atoms with Gasteiger partial charge < -0.3 is 10.5 Å². The van der Waals surface area contributed by atoms with Gasteiger partial charge in [0, 0.05) is 0 Å². The summed E-state index contributed by atoms with van der Waals surface area (Å²) >= 11 is 0. The molecule has 0 aromatic heterocycles. The van der Waals surface area contributed by atoms with Crippen molar-refractivity contribution in [3.05, 3.63) is 29.3 Å². The SMILES string of the molecule is CC(C)c1cc(OCC(N)=O)cc(C(C)(C)C)c1. The van der Waals surface area contributed by atoms with E-state index in [1.54, 1.807) is 0 Å². The maximum absolute atomic E-state index is 10.8. The predicted molar refractivity (Wildman–Crippen MR) is 73.9 cm³/mol. The Balaban J connectivity index is 3.10. The molecule has 3 heteroatoms. The molecule has 3 nitrogen and oxygen atoms in total. The van der Waals surface area contributed by atoms with Gasteiger partial charge in [-0.2, -0.15) is 0 Å². The van der Waals surface area contributed by atoms with Crippen molar-refractivity contribution in [1.82, 2.24) is 0 Å². The number of carbonyl (C=O) groups excluding carboxylic acids is 1. The van der Waals surface area contributed by atoms with Crippen molar-refractivity contribution in [2.75, 3.05) is 6.61 Å². The Labute approximate surface area is 109 Å². The average Bonchev–Trinajstić information content (AvgIpc) is 2.24. The highest BCUT2D eigenvalue weighted by molar-refractivity contribution is 5.75. The number of ether oxygens (including phenoxy) is 1. The van der Waals surface area contributed by atoms with Gasteiger partial charge in [0.1, 0.15) is 5.75 Å². The highest BCUT2D eigenvalue weighted by Gasteiger charge is 2.16. The van der Waals surface area contributed by atoms with E-state index in [0.717, 1.165) is 0 Å². The van der Waals surface area contributed by atoms with Crippen LogP contribution < -0.4 is 10.5 Å². The molecule has 0 aliphatic carbocycles. The van der Waals surface area contributed by atoms with Crippen molar-refractivity contribution in [3.8, 4) is 5.75 Å². The van der Waals surface area contributed by atoms with Gasteiger partial charge in [0.05, 0.1) is 0 Å². The van der Waals surface area contributed by atoms with Crippen molar-refractivity contribution < 1.29 is 9.53 Å². The zero-order chi connectivity index (χ0) is 13.9. The van der Waals surface area contributed by atoms with E-state index >= 15 is 0 Å². The van der Waals surface area contributed by atoms with Gasteiger partial charge in [0.2, 0.25) is 0 Å². The summed E-state index contributed by atoms with van der Waals surface area (Å²) in [6.07, 6.45) is 0. The number of nitrogens with two attached hydrogens (primary N) is 1. The number of carbonyl (C=O) groups is 1. The molecule has 0 atom stereocenters. The highest BCUT2D eigenvalue weighted by Crippen LogP contribution is 2.30. The summed E-state index contributed by atoms with van der Waals surface area (Å²) in [5.41, 5.74) is 7.56. The molecule has 18 heavy (non-hydrogen) atoms. The Bertz CT molecular complexity index is 431. The molecular formula is C15H23NO2. The summed E-state index contributed by atoms with van der Waals surface area (Å²) in [6, 6.07) is 6.15. The number of hydrogen-bond acceptors (Lipinski definition) is 2. The van der Waals surface area contributed by atoms with E-state index in [1.165, 1.54) is 11.1 Å². The van der Waals surface area contributed by atoms with Crippen molar-refractivity contribution >= 4 is 5.91 Å². The molecule has 1 amide bonds. The molecule has 1 aromatic rings. The first-order valence-electron chi connectivity index (χ1n) is 6.26. The molecule has 0 unspecified atom stereocenters. The monoisotopic (exact) mass is 249 g/mol. The van der Waals surface area contributed by atoms with Crippen LogP contribution in [0.2, 0.25) is 0 Å². The molecule has 0 radical (unpaired) electrons. The van der Waals surface area contributed by atoms with Crippen LogP contribution in [0, 0.1) is 0 Å². The zero-order valence-corrected chi connectivity index (χ0v) is 11.9. The van der Waals surface area contributed by atoms with E-state index < -0.39 is 5.91 Å². The van der Waals surface area contributed by atoms with Crippen molar-refractivity contribution in [1.29, 1.82) is 0 Å². The molecule has 0 bridgehead atoms. The summed E-state index contributed by atoms with van der Waals surface area (Å²) in [6.45, 7) is 10.7.